The first kappa shape index (κ1) is 15.6. The summed E-state index contributed by atoms with van der Waals surface area (Å²) in [5.74, 6) is 0.891. The molecule has 0 spiro atoms. The third-order valence-corrected chi connectivity index (χ3v) is 3.81. The lowest BCUT2D eigenvalue weighted by Crippen LogP contribution is -2.24. The molecule has 0 radical (unpaired) electrons. The first-order chi connectivity index (χ1) is 10.2. The van der Waals surface area contributed by atoms with Gasteiger partial charge in [0.25, 0.3) is 0 Å². The number of H-pyrrole nitrogens is 1. The molecular weight excluding hydrogens is 260 g/mol. The van der Waals surface area contributed by atoms with E-state index in [9.17, 15) is 4.79 Å². The second kappa shape index (κ2) is 7.87. The van der Waals surface area contributed by atoms with E-state index in [0.717, 1.165) is 25.8 Å². The van der Waals surface area contributed by atoms with Crippen molar-refractivity contribution < 1.29 is 4.79 Å². The number of para-hydroxylation sites is 1. The lowest BCUT2D eigenvalue weighted by atomic mass is 10.1. The van der Waals surface area contributed by atoms with Gasteiger partial charge in [0.05, 0.1) is 0 Å². The Balaban J connectivity index is 1.68. The highest BCUT2D eigenvalue weighted by atomic mass is 16.1. The minimum absolute atomic E-state index is 0.179. The molecule has 2 rings (SSSR count). The highest BCUT2D eigenvalue weighted by Gasteiger charge is 2.05. The van der Waals surface area contributed by atoms with Crippen LogP contribution in [0.15, 0.2) is 30.5 Å². The molecule has 0 bridgehead atoms. The molecule has 1 aromatic carbocycles. The van der Waals surface area contributed by atoms with Crippen molar-refractivity contribution in [2.24, 2.45) is 5.92 Å². The fourth-order valence-electron chi connectivity index (χ4n) is 2.60. The number of aromatic nitrogens is 1. The number of rotatable bonds is 8. The third kappa shape index (κ3) is 4.92. The Morgan fingerprint density at radius 3 is 2.86 bits per heavy atom. The molecule has 21 heavy (non-hydrogen) atoms. The molecular formula is C18H26N2O. The van der Waals surface area contributed by atoms with Crippen molar-refractivity contribution in [3.63, 3.8) is 0 Å². The Kier molecular flexibility index (Phi) is 5.85. The summed E-state index contributed by atoms with van der Waals surface area (Å²) in [7, 11) is 0. The van der Waals surface area contributed by atoms with E-state index in [1.165, 1.54) is 22.9 Å². The number of benzene rings is 1. The summed E-state index contributed by atoms with van der Waals surface area (Å²) in [6, 6.07) is 8.31. The Hall–Kier alpha value is -1.77. The second-order valence-electron chi connectivity index (χ2n) is 6.10. The number of carbonyl (C=O) groups excluding carboxylic acids is 1. The van der Waals surface area contributed by atoms with Gasteiger partial charge in [0.2, 0.25) is 5.91 Å². The molecule has 0 aliphatic carbocycles. The summed E-state index contributed by atoms with van der Waals surface area (Å²) in [4.78, 5) is 15.0. The summed E-state index contributed by atoms with van der Waals surface area (Å²) in [6.45, 7) is 5.23. The summed E-state index contributed by atoms with van der Waals surface area (Å²) >= 11 is 0. The highest BCUT2D eigenvalue weighted by molar-refractivity contribution is 5.83. The van der Waals surface area contributed by atoms with Gasteiger partial charge in [-0.15, -0.1) is 0 Å². The third-order valence-electron chi connectivity index (χ3n) is 3.81. The quantitative estimate of drug-likeness (QED) is 0.707. The average Bonchev–Trinajstić information content (AvgIpc) is 2.87. The number of hydrogen-bond acceptors (Lipinski definition) is 1. The molecule has 1 aromatic heterocycles. The first-order valence-electron chi connectivity index (χ1n) is 7.98. The average molecular weight is 286 g/mol. The van der Waals surface area contributed by atoms with Crippen LogP contribution in [-0.4, -0.2) is 17.4 Å². The molecule has 0 aliphatic heterocycles. The van der Waals surface area contributed by atoms with Crippen molar-refractivity contribution in [1.29, 1.82) is 0 Å². The van der Waals surface area contributed by atoms with Crippen LogP contribution in [0.25, 0.3) is 10.9 Å². The Bertz CT molecular complexity index is 571. The topological polar surface area (TPSA) is 44.9 Å². The number of hydrogen-bond donors (Lipinski definition) is 2. The maximum atomic E-state index is 11.8. The van der Waals surface area contributed by atoms with Gasteiger partial charge in [-0.1, -0.05) is 32.0 Å². The Morgan fingerprint density at radius 2 is 2.05 bits per heavy atom. The highest BCUT2D eigenvalue weighted by Crippen LogP contribution is 2.19. The van der Waals surface area contributed by atoms with Gasteiger partial charge in [0.1, 0.15) is 0 Å². The molecule has 0 unspecified atom stereocenters. The Labute approximate surface area is 127 Å². The van der Waals surface area contributed by atoms with Crippen LogP contribution in [-0.2, 0) is 11.2 Å². The number of fused-ring (bicyclic) bond motifs is 1. The van der Waals surface area contributed by atoms with Crippen molar-refractivity contribution >= 4 is 16.8 Å². The molecule has 0 aliphatic rings. The fraction of sp³-hybridized carbons (Fsp3) is 0.500. The van der Waals surface area contributed by atoms with E-state index in [1.54, 1.807) is 0 Å². The van der Waals surface area contributed by atoms with Crippen LogP contribution < -0.4 is 5.32 Å². The molecule has 114 valence electrons. The Morgan fingerprint density at radius 1 is 1.24 bits per heavy atom. The zero-order valence-corrected chi connectivity index (χ0v) is 13.1. The van der Waals surface area contributed by atoms with Gasteiger partial charge >= 0.3 is 0 Å². The summed E-state index contributed by atoms with van der Waals surface area (Å²) in [6.07, 6.45) is 6.77. The van der Waals surface area contributed by atoms with Crippen molar-refractivity contribution in [1.82, 2.24) is 10.3 Å². The predicted octanol–water partition coefficient (Wildman–Crippen LogP) is 4.04. The van der Waals surface area contributed by atoms with E-state index in [4.69, 9.17) is 0 Å². The standard InChI is InChI=1S/C18H26N2O/c1-14(2)7-6-12-19-18(21)11-5-8-15-13-20-17-10-4-3-9-16(15)17/h3-4,9-10,13-14,20H,5-8,11-12H2,1-2H3,(H,19,21). The van der Waals surface area contributed by atoms with E-state index >= 15 is 0 Å². The molecule has 2 N–H and O–H groups in total. The summed E-state index contributed by atoms with van der Waals surface area (Å²) < 4.78 is 0. The summed E-state index contributed by atoms with van der Waals surface area (Å²) in [5, 5.41) is 4.28. The lowest BCUT2D eigenvalue weighted by molar-refractivity contribution is -0.121. The maximum absolute atomic E-state index is 11.8. The monoisotopic (exact) mass is 286 g/mol. The molecule has 1 amide bonds. The van der Waals surface area contributed by atoms with Crippen LogP contribution in [0.2, 0.25) is 0 Å². The zero-order chi connectivity index (χ0) is 15.1. The largest absolute Gasteiger partial charge is 0.361 e. The molecule has 0 atom stereocenters. The van der Waals surface area contributed by atoms with Crippen molar-refractivity contribution in [3.05, 3.63) is 36.0 Å². The van der Waals surface area contributed by atoms with Crippen LogP contribution in [0.4, 0.5) is 0 Å². The van der Waals surface area contributed by atoms with E-state index in [1.807, 2.05) is 6.07 Å². The van der Waals surface area contributed by atoms with Crippen LogP contribution in [0.3, 0.4) is 0 Å². The van der Waals surface area contributed by atoms with Gasteiger partial charge in [-0.25, -0.2) is 0 Å². The first-order valence-corrected chi connectivity index (χ1v) is 7.98. The van der Waals surface area contributed by atoms with Crippen molar-refractivity contribution in [2.75, 3.05) is 6.54 Å². The van der Waals surface area contributed by atoms with E-state index in [2.05, 4.69) is 48.5 Å². The van der Waals surface area contributed by atoms with Gasteiger partial charge in [0.15, 0.2) is 0 Å². The number of amides is 1. The normalized spacial score (nSPS) is 11.2. The number of aryl methyl sites for hydroxylation is 1. The van der Waals surface area contributed by atoms with Crippen LogP contribution in [0, 0.1) is 5.92 Å². The van der Waals surface area contributed by atoms with E-state index in [0.29, 0.717) is 12.3 Å². The lowest BCUT2D eigenvalue weighted by Gasteiger charge is -2.06. The number of carbonyl (C=O) groups is 1. The molecule has 1 heterocycles. The van der Waals surface area contributed by atoms with Crippen LogP contribution >= 0.6 is 0 Å². The van der Waals surface area contributed by atoms with Crippen molar-refractivity contribution in [2.45, 2.75) is 46.0 Å². The van der Waals surface area contributed by atoms with Crippen LogP contribution in [0.5, 0.6) is 0 Å². The second-order valence-corrected chi connectivity index (χ2v) is 6.10. The van der Waals surface area contributed by atoms with Crippen molar-refractivity contribution in [3.8, 4) is 0 Å². The summed E-state index contributed by atoms with van der Waals surface area (Å²) in [5.41, 5.74) is 2.48. The SMILES string of the molecule is CC(C)CCCNC(=O)CCCc1c[nH]c2ccccc12. The van der Waals surface area contributed by atoms with Crippen LogP contribution in [0.1, 0.15) is 45.1 Å². The predicted molar refractivity (Wildman–Crippen MR) is 88.3 cm³/mol. The minimum Gasteiger partial charge on any atom is -0.361 e. The van der Waals surface area contributed by atoms with Gasteiger partial charge in [-0.05, 0) is 43.2 Å². The smallest absolute Gasteiger partial charge is 0.220 e. The maximum Gasteiger partial charge on any atom is 0.220 e. The van der Waals surface area contributed by atoms with E-state index in [-0.39, 0.29) is 5.91 Å². The van der Waals surface area contributed by atoms with Gasteiger partial charge in [0, 0.05) is 30.1 Å². The fourth-order valence-corrected chi connectivity index (χ4v) is 2.60. The molecule has 2 aromatic rings. The molecule has 0 saturated carbocycles. The van der Waals surface area contributed by atoms with Gasteiger partial charge in [-0.2, -0.15) is 0 Å². The molecule has 0 fully saturated rings. The zero-order valence-electron chi connectivity index (χ0n) is 13.1. The number of aromatic amines is 1. The molecule has 0 saturated heterocycles. The van der Waals surface area contributed by atoms with Gasteiger partial charge < -0.3 is 10.3 Å². The molecule has 3 nitrogen and oxygen atoms in total. The minimum atomic E-state index is 0.179. The van der Waals surface area contributed by atoms with E-state index < -0.39 is 0 Å². The molecule has 3 heteroatoms. The number of nitrogens with one attached hydrogen (secondary N) is 2. The van der Waals surface area contributed by atoms with Gasteiger partial charge in [-0.3, -0.25) is 4.79 Å².